The van der Waals surface area contributed by atoms with Gasteiger partial charge in [0.2, 0.25) is 0 Å². The fourth-order valence-corrected chi connectivity index (χ4v) is 3.68. The van der Waals surface area contributed by atoms with Crippen LogP contribution in [0.4, 0.5) is 5.82 Å². The Morgan fingerprint density at radius 3 is 2.61 bits per heavy atom. The van der Waals surface area contributed by atoms with E-state index in [4.69, 9.17) is 4.74 Å². The molecule has 1 fully saturated rings. The number of aromatic nitrogens is 2. The van der Waals surface area contributed by atoms with Gasteiger partial charge in [0.05, 0.1) is 11.1 Å². The normalized spacial score (nSPS) is 13.9. The standard InChI is InChI=1S/C21H24N4O3/c1-13-8-9-16(11-23-13)21(27)28-12-19(26)24-20-18(10-22)14(2)15(3)25(20)17-6-4-5-7-17/h8-9,11,17H,4-7,12H2,1-3H3,(H,24,26). The second-order valence-corrected chi connectivity index (χ2v) is 7.17. The Balaban J connectivity index is 1.73. The number of nitrogens with zero attached hydrogens (tertiary/aromatic N) is 3. The Bertz CT molecular complexity index is 932. The van der Waals surface area contributed by atoms with Gasteiger partial charge in [-0.1, -0.05) is 12.8 Å². The zero-order valence-corrected chi connectivity index (χ0v) is 16.4. The van der Waals surface area contributed by atoms with E-state index in [1.807, 2.05) is 20.8 Å². The monoisotopic (exact) mass is 380 g/mol. The molecule has 0 unspecified atom stereocenters. The predicted molar refractivity (Wildman–Crippen MR) is 104 cm³/mol. The average Bonchev–Trinajstić information content (AvgIpc) is 3.28. The number of nitrogens with one attached hydrogen (secondary N) is 1. The van der Waals surface area contributed by atoms with Gasteiger partial charge in [0, 0.05) is 23.6 Å². The molecule has 1 N–H and O–H groups in total. The van der Waals surface area contributed by atoms with Crippen LogP contribution in [0.15, 0.2) is 18.3 Å². The van der Waals surface area contributed by atoms with E-state index in [0.29, 0.717) is 11.4 Å². The highest BCUT2D eigenvalue weighted by Gasteiger charge is 2.26. The van der Waals surface area contributed by atoms with Gasteiger partial charge >= 0.3 is 5.97 Å². The molecule has 0 atom stereocenters. The number of hydrogen-bond donors (Lipinski definition) is 1. The van der Waals surface area contributed by atoms with Gasteiger partial charge in [-0.05, 0) is 51.3 Å². The summed E-state index contributed by atoms with van der Waals surface area (Å²) in [5.41, 5.74) is 3.40. The summed E-state index contributed by atoms with van der Waals surface area (Å²) in [7, 11) is 0. The average molecular weight is 380 g/mol. The van der Waals surface area contributed by atoms with E-state index in [0.717, 1.165) is 42.6 Å². The van der Waals surface area contributed by atoms with Crippen LogP contribution in [0.25, 0.3) is 0 Å². The Morgan fingerprint density at radius 1 is 1.29 bits per heavy atom. The summed E-state index contributed by atoms with van der Waals surface area (Å²) in [6, 6.07) is 5.78. The van der Waals surface area contributed by atoms with Crippen molar-refractivity contribution in [2.24, 2.45) is 0 Å². The number of amides is 1. The summed E-state index contributed by atoms with van der Waals surface area (Å²) in [5, 5.41) is 12.4. The highest BCUT2D eigenvalue weighted by Crippen LogP contribution is 2.37. The first-order valence-corrected chi connectivity index (χ1v) is 9.43. The smallest absolute Gasteiger partial charge is 0.340 e. The van der Waals surface area contributed by atoms with E-state index in [-0.39, 0.29) is 11.6 Å². The van der Waals surface area contributed by atoms with E-state index < -0.39 is 18.5 Å². The lowest BCUT2D eigenvalue weighted by Gasteiger charge is -2.19. The maximum Gasteiger partial charge on any atom is 0.340 e. The van der Waals surface area contributed by atoms with Gasteiger partial charge in [0.1, 0.15) is 11.9 Å². The molecular weight excluding hydrogens is 356 g/mol. The Morgan fingerprint density at radius 2 is 2.00 bits per heavy atom. The quantitative estimate of drug-likeness (QED) is 0.800. The minimum Gasteiger partial charge on any atom is -0.452 e. The third-order valence-electron chi connectivity index (χ3n) is 5.30. The lowest BCUT2D eigenvalue weighted by molar-refractivity contribution is -0.119. The van der Waals surface area contributed by atoms with Crippen LogP contribution >= 0.6 is 0 Å². The Kier molecular flexibility index (Phi) is 5.78. The highest BCUT2D eigenvalue weighted by molar-refractivity contribution is 5.96. The van der Waals surface area contributed by atoms with E-state index in [9.17, 15) is 14.9 Å². The lowest BCUT2D eigenvalue weighted by Crippen LogP contribution is -2.24. The minimum absolute atomic E-state index is 0.275. The van der Waals surface area contributed by atoms with Crippen LogP contribution in [0, 0.1) is 32.1 Å². The second kappa shape index (κ2) is 8.26. The molecule has 7 nitrogen and oxygen atoms in total. The van der Waals surface area contributed by atoms with Crippen LogP contribution in [0.3, 0.4) is 0 Å². The van der Waals surface area contributed by atoms with E-state index in [1.54, 1.807) is 12.1 Å². The Hall–Kier alpha value is -3.14. The number of carbonyl (C=O) groups is 2. The van der Waals surface area contributed by atoms with E-state index in [2.05, 4.69) is 20.9 Å². The molecule has 1 aliphatic rings. The summed E-state index contributed by atoms with van der Waals surface area (Å²) >= 11 is 0. The molecule has 0 spiro atoms. The zero-order valence-electron chi connectivity index (χ0n) is 16.4. The molecule has 28 heavy (non-hydrogen) atoms. The summed E-state index contributed by atoms with van der Waals surface area (Å²) in [5.74, 6) is -0.578. The molecule has 0 saturated heterocycles. The van der Waals surface area contributed by atoms with Gasteiger partial charge < -0.3 is 14.6 Å². The largest absolute Gasteiger partial charge is 0.452 e. The SMILES string of the molecule is Cc1ccc(C(=O)OCC(=O)Nc2c(C#N)c(C)c(C)n2C2CCCC2)cn1. The molecule has 0 aliphatic heterocycles. The van der Waals surface area contributed by atoms with Gasteiger partial charge in [-0.2, -0.15) is 5.26 Å². The number of rotatable bonds is 5. The number of esters is 1. The fraction of sp³-hybridized carbons (Fsp3) is 0.429. The van der Waals surface area contributed by atoms with Crippen molar-refractivity contribution in [1.29, 1.82) is 5.26 Å². The van der Waals surface area contributed by atoms with Crippen molar-refractivity contribution >= 4 is 17.7 Å². The molecule has 146 valence electrons. The van der Waals surface area contributed by atoms with Crippen molar-refractivity contribution in [3.8, 4) is 6.07 Å². The predicted octanol–water partition coefficient (Wildman–Crippen LogP) is 3.59. The third kappa shape index (κ3) is 3.91. The van der Waals surface area contributed by atoms with Crippen LogP contribution < -0.4 is 5.32 Å². The maximum atomic E-state index is 12.4. The van der Waals surface area contributed by atoms with Crippen LogP contribution in [-0.4, -0.2) is 28.0 Å². The van der Waals surface area contributed by atoms with E-state index in [1.165, 1.54) is 6.20 Å². The third-order valence-corrected chi connectivity index (χ3v) is 5.30. The number of aryl methyl sites for hydroxylation is 1. The molecular formula is C21H24N4O3. The lowest BCUT2D eigenvalue weighted by atomic mass is 10.2. The molecule has 7 heteroatoms. The number of pyridine rings is 1. The molecule has 1 amide bonds. The molecule has 1 aliphatic carbocycles. The summed E-state index contributed by atoms with van der Waals surface area (Å²) < 4.78 is 7.15. The van der Waals surface area contributed by atoms with Gasteiger partial charge in [0.25, 0.3) is 5.91 Å². The fourth-order valence-electron chi connectivity index (χ4n) is 3.68. The first-order chi connectivity index (χ1) is 13.4. The van der Waals surface area contributed by atoms with Crippen LogP contribution in [0.2, 0.25) is 0 Å². The molecule has 0 radical (unpaired) electrons. The number of ether oxygens (including phenoxy) is 1. The topological polar surface area (TPSA) is 97.0 Å². The maximum absolute atomic E-state index is 12.4. The van der Waals surface area contributed by atoms with Gasteiger partial charge in [-0.15, -0.1) is 0 Å². The molecule has 2 aromatic rings. The second-order valence-electron chi connectivity index (χ2n) is 7.17. The number of nitriles is 1. The highest BCUT2D eigenvalue weighted by atomic mass is 16.5. The Labute approximate surface area is 164 Å². The first kappa shape index (κ1) is 19.6. The summed E-state index contributed by atoms with van der Waals surface area (Å²) in [6.07, 6.45) is 5.75. The van der Waals surface area contributed by atoms with Crippen LogP contribution in [0.5, 0.6) is 0 Å². The molecule has 2 heterocycles. The zero-order chi connectivity index (χ0) is 20.3. The molecule has 3 rings (SSSR count). The van der Waals surface area contributed by atoms with Crippen molar-refractivity contribution in [1.82, 2.24) is 9.55 Å². The molecule has 0 aromatic carbocycles. The number of carbonyl (C=O) groups excluding carboxylic acids is 2. The molecule has 1 saturated carbocycles. The summed E-state index contributed by atoms with van der Waals surface area (Å²) in [4.78, 5) is 28.5. The summed E-state index contributed by atoms with van der Waals surface area (Å²) in [6.45, 7) is 5.25. The number of anilines is 1. The minimum atomic E-state index is -0.610. The van der Waals surface area contributed by atoms with Crippen molar-refractivity contribution in [3.05, 3.63) is 46.4 Å². The molecule has 2 aromatic heterocycles. The van der Waals surface area contributed by atoms with Crippen molar-refractivity contribution < 1.29 is 14.3 Å². The molecule has 0 bridgehead atoms. The van der Waals surface area contributed by atoms with Crippen molar-refractivity contribution in [3.63, 3.8) is 0 Å². The van der Waals surface area contributed by atoms with Crippen LogP contribution in [-0.2, 0) is 9.53 Å². The van der Waals surface area contributed by atoms with Crippen molar-refractivity contribution in [2.75, 3.05) is 11.9 Å². The van der Waals surface area contributed by atoms with Gasteiger partial charge in [-0.3, -0.25) is 9.78 Å². The number of hydrogen-bond acceptors (Lipinski definition) is 5. The first-order valence-electron chi connectivity index (χ1n) is 9.43. The van der Waals surface area contributed by atoms with Crippen molar-refractivity contribution in [2.45, 2.75) is 52.5 Å². The van der Waals surface area contributed by atoms with Gasteiger partial charge in [0.15, 0.2) is 6.61 Å². The van der Waals surface area contributed by atoms with Gasteiger partial charge in [-0.25, -0.2) is 4.79 Å². The van der Waals surface area contributed by atoms with E-state index >= 15 is 0 Å². The van der Waals surface area contributed by atoms with Crippen LogP contribution in [0.1, 0.15) is 64.6 Å².